The van der Waals surface area contributed by atoms with Crippen molar-refractivity contribution in [3.05, 3.63) is 29.8 Å². The first-order valence-electron chi connectivity index (χ1n) is 5.73. The molecular weight excluding hydrogens is 202 g/mol. The largest absolute Gasteiger partial charge is 0.494 e. The number of hydrogen-bond donors (Lipinski definition) is 1. The first-order chi connectivity index (χ1) is 7.77. The van der Waals surface area contributed by atoms with Crippen LogP contribution in [0.5, 0.6) is 5.75 Å². The summed E-state index contributed by atoms with van der Waals surface area (Å²) in [5.74, 6) is 0.931. The zero-order valence-corrected chi connectivity index (χ0v) is 10.3. The van der Waals surface area contributed by atoms with Crippen LogP contribution in [-0.4, -0.2) is 26.9 Å². The summed E-state index contributed by atoms with van der Waals surface area (Å²) in [6, 6.07) is 8.50. The lowest BCUT2D eigenvalue weighted by atomic mass is 10.1. The Morgan fingerprint density at radius 2 is 2.19 bits per heavy atom. The fourth-order valence-electron chi connectivity index (χ4n) is 1.54. The maximum Gasteiger partial charge on any atom is 0.119 e. The van der Waals surface area contributed by atoms with Crippen molar-refractivity contribution in [3.63, 3.8) is 0 Å². The molecule has 0 aliphatic carbocycles. The lowest BCUT2D eigenvalue weighted by molar-refractivity contribution is 0.196. The molecule has 0 aliphatic rings. The van der Waals surface area contributed by atoms with Crippen molar-refractivity contribution in [1.82, 2.24) is 5.32 Å². The maximum absolute atomic E-state index is 5.47. The molecule has 1 N–H and O–H groups in total. The van der Waals surface area contributed by atoms with Gasteiger partial charge in [0.25, 0.3) is 0 Å². The molecule has 90 valence electrons. The number of methoxy groups -OCH3 is 1. The van der Waals surface area contributed by atoms with Crippen LogP contribution in [0.25, 0.3) is 0 Å². The highest BCUT2D eigenvalue weighted by Gasteiger charge is 2.05. The predicted molar refractivity (Wildman–Crippen MR) is 65.9 cm³/mol. The molecule has 1 atom stereocenters. The van der Waals surface area contributed by atoms with Gasteiger partial charge in [0.1, 0.15) is 5.75 Å². The Morgan fingerprint density at radius 3 is 2.88 bits per heavy atom. The molecule has 0 aliphatic heterocycles. The third-order valence-corrected chi connectivity index (χ3v) is 2.43. The van der Waals surface area contributed by atoms with Crippen molar-refractivity contribution >= 4 is 0 Å². The van der Waals surface area contributed by atoms with Crippen LogP contribution in [0.3, 0.4) is 0 Å². The van der Waals surface area contributed by atoms with Crippen LogP contribution >= 0.6 is 0 Å². The van der Waals surface area contributed by atoms with E-state index in [4.69, 9.17) is 9.47 Å². The molecule has 0 bridgehead atoms. The van der Waals surface area contributed by atoms with Gasteiger partial charge in [0.2, 0.25) is 0 Å². The Labute approximate surface area is 97.8 Å². The van der Waals surface area contributed by atoms with E-state index in [1.165, 1.54) is 5.56 Å². The van der Waals surface area contributed by atoms with Gasteiger partial charge in [-0.2, -0.15) is 0 Å². The summed E-state index contributed by atoms with van der Waals surface area (Å²) in [6.07, 6.45) is 0. The van der Waals surface area contributed by atoms with Crippen molar-refractivity contribution in [2.24, 2.45) is 0 Å². The molecule has 0 fully saturated rings. The summed E-state index contributed by atoms with van der Waals surface area (Å²) in [6.45, 7) is 6.43. The van der Waals surface area contributed by atoms with Gasteiger partial charge in [-0.05, 0) is 31.5 Å². The SMILES string of the molecule is CCOc1cccc(C(C)NCCOC)c1. The van der Waals surface area contributed by atoms with Crippen molar-refractivity contribution < 1.29 is 9.47 Å². The van der Waals surface area contributed by atoms with Gasteiger partial charge < -0.3 is 14.8 Å². The van der Waals surface area contributed by atoms with Crippen LogP contribution in [0.2, 0.25) is 0 Å². The number of benzene rings is 1. The molecule has 0 amide bonds. The summed E-state index contributed by atoms with van der Waals surface area (Å²) < 4.78 is 10.5. The molecule has 0 radical (unpaired) electrons. The second kappa shape index (κ2) is 7.25. The molecule has 0 heterocycles. The highest BCUT2D eigenvalue weighted by Crippen LogP contribution is 2.18. The van der Waals surface area contributed by atoms with Crippen molar-refractivity contribution in [1.29, 1.82) is 0 Å². The zero-order chi connectivity index (χ0) is 11.8. The van der Waals surface area contributed by atoms with E-state index in [-0.39, 0.29) is 0 Å². The minimum atomic E-state index is 0.315. The molecule has 0 saturated carbocycles. The van der Waals surface area contributed by atoms with Gasteiger partial charge >= 0.3 is 0 Å². The monoisotopic (exact) mass is 223 g/mol. The summed E-state index contributed by atoms with van der Waals surface area (Å²) >= 11 is 0. The smallest absolute Gasteiger partial charge is 0.119 e. The third-order valence-electron chi connectivity index (χ3n) is 2.43. The van der Waals surface area contributed by atoms with Crippen LogP contribution in [0.1, 0.15) is 25.5 Å². The van der Waals surface area contributed by atoms with Crippen LogP contribution in [0.15, 0.2) is 24.3 Å². The zero-order valence-electron chi connectivity index (χ0n) is 10.3. The van der Waals surface area contributed by atoms with Crippen LogP contribution in [0, 0.1) is 0 Å². The molecule has 0 saturated heterocycles. The van der Waals surface area contributed by atoms with Crippen LogP contribution < -0.4 is 10.1 Å². The number of hydrogen-bond acceptors (Lipinski definition) is 3. The highest BCUT2D eigenvalue weighted by atomic mass is 16.5. The molecule has 1 rings (SSSR count). The molecule has 1 aromatic rings. The minimum Gasteiger partial charge on any atom is -0.494 e. The van der Waals surface area contributed by atoms with Crippen LogP contribution in [-0.2, 0) is 4.74 Å². The van der Waals surface area contributed by atoms with E-state index in [1.54, 1.807) is 7.11 Å². The van der Waals surface area contributed by atoms with Gasteiger partial charge in [0.05, 0.1) is 13.2 Å². The summed E-state index contributed by atoms with van der Waals surface area (Å²) in [7, 11) is 1.71. The minimum absolute atomic E-state index is 0.315. The van der Waals surface area contributed by atoms with Gasteiger partial charge in [0, 0.05) is 19.7 Å². The Kier molecular flexibility index (Phi) is 5.90. The van der Waals surface area contributed by atoms with Gasteiger partial charge in [-0.15, -0.1) is 0 Å². The topological polar surface area (TPSA) is 30.5 Å². The van der Waals surface area contributed by atoms with Crippen molar-refractivity contribution in [3.8, 4) is 5.75 Å². The van der Waals surface area contributed by atoms with Gasteiger partial charge in [-0.3, -0.25) is 0 Å². The Balaban J connectivity index is 2.53. The van der Waals surface area contributed by atoms with Crippen molar-refractivity contribution in [2.75, 3.05) is 26.9 Å². The number of ether oxygens (including phenoxy) is 2. The van der Waals surface area contributed by atoms with E-state index in [2.05, 4.69) is 24.4 Å². The van der Waals surface area contributed by atoms with E-state index in [1.807, 2.05) is 19.1 Å². The van der Waals surface area contributed by atoms with E-state index in [0.717, 1.165) is 18.9 Å². The summed E-state index contributed by atoms with van der Waals surface area (Å²) in [5.41, 5.74) is 1.24. The van der Waals surface area contributed by atoms with Crippen molar-refractivity contribution in [2.45, 2.75) is 19.9 Å². The molecule has 3 nitrogen and oxygen atoms in total. The molecule has 3 heteroatoms. The van der Waals surface area contributed by atoms with Gasteiger partial charge in [-0.1, -0.05) is 12.1 Å². The first kappa shape index (κ1) is 13.0. The fraction of sp³-hybridized carbons (Fsp3) is 0.538. The second-order valence-corrected chi connectivity index (χ2v) is 3.67. The first-order valence-corrected chi connectivity index (χ1v) is 5.73. The molecule has 0 aromatic heterocycles. The molecular formula is C13H21NO2. The summed E-state index contributed by atoms with van der Waals surface area (Å²) in [4.78, 5) is 0. The standard InChI is InChI=1S/C13H21NO2/c1-4-16-13-7-5-6-12(10-13)11(2)14-8-9-15-3/h5-7,10-11,14H,4,8-9H2,1-3H3. The number of nitrogens with one attached hydrogen (secondary N) is 1. The quantitative estimate of drug-likeness (QED) is 0.720. The molecule has 16 heavy (non-hydrogen) atoms. The Bertz CT molecular complexity index is 302. The normalized spacial score (nSPS) is 12.4. The lowest BCUT2D eigenvalue weighted by Crippen LogP contribution is -2.22. The van der Waals surface area contributed by atoms with E-state index in [9.17, 15) is 0 Å². The number of rotatable bonds is 7. The van der Waals surface area contributed by atoms with E-state index >= 15 is 0 Å². The summed E-state index contributed by atoms with van der Waals surface area (Å²) in [5, 5.41) is 3.39. The van der Waals surface area contributed by atoms with Crippen LogP contribution in [0.4, 0.5) is 0 Å². The second-order valence-electron chi connectivity index (χ2n) is 3.67. The average molecular weight is 223 g/mol. The Hall–Kier alpha value is -1.06. The molecule has 0 spiro atoms. The molecule has 1 unspecified atom stereocenters. The lowest BCUT2D eigenvalue weighted by Gasteiger charge is -2.15. The van der Waals surface area contributed by atoms with E-state index in [0.29, 0.717) is 12.6 Å². The Morgan fingerprint density at radius 1 is 1.38 bits per heavy atom. The maximum atomic E-state index is 5.47. The average Bonchev–Trinajstić information content (AvgIpc) is 2.30. The fourth-order valence-corrected chi connectivity index (χ4v) is 1.54. The van der Waals surface area contributed by atoms with Gasteiger partial charge in [0.15, 0.2) is 0 Å². The van der Waals surface area contributed by atoms with E-state index < -0.39 is 0 Å². The highest BCUT2D eigenvalue weighted by molar-refractivity contribution is 5.30. The predicted octanol–water partition coefficient (Wildman–Crippen LogP) is 2.38. The molecule has 1 aromatic carbocycles. The van der Waals surface area contributed by atoms with Gasteiger partial charge in [-0.25, -0.2) is 0 Å². The third kappa shape index (κ3) is 4.21.